The van der Waals surface area contributed by atoms with Crippen molar-refractivity contribution in [3.8, 4) is 5.75 Å². The zero-order valence-corrected chi connectivity index (χ0v) is 30.6. The summed E-state index contributed by atoms with van der Waals surface area (Å²) in [4.78, 5) is 75.7. The fraction of sp³-hybridized carbons (Fsp3) is 0.459. The number of nitrogens with zero attached hydrogens (tertiary/aromatic N) is 2. The Morgan fingerprint density at radius 1 is 0.943 bits per heavy atom. The van der Waals surface area contributed by atoms with E-state index in [4.69, 9.17) is 16.2 Å². The lowest BCUT2D eigenvalue weighted by Gasteiger charge is -2.35. The second-order valence-electron chi connectivity index (χ2n) is 14.0. The maximum absolute atomic E-state index is 14.5. The van der Waals surface area contributed by atoms with E-state index >= 15 is 0 Å². The number of hydrogen-bond donors (Lipinski definition) is 8. The summed E-state index contributed by atoms with van der Waals surface area (Å²) in [7, 11) is 0. The van der Waals surface area contributed by atoms with Crippen molar-refractivity contribution in [1.29, 1.82) is 0 Å². The molecule has 1 aromatic heterocycles. The number of phenolic OH excluding ortho intramolecular Hbond substituents is 1. The van der Waals surface area contributed by atoms with Gasteiger partial charge in [0.15, 0.2) is 0 Å². The lowest BCUT2D eigenvalue weighted by atomic mass is 9.94. The molecule has 2 aromatic carbocycles. The van der Waals surface area contributed by atoms with E-state index < -0.39 is 78.0 Å². The number of carbonyl (C=O) groups excluding carboxylic acids is 4. The zero-order chi connectivity index (χ0) is 39.5. The molecular formula is C37H51N7O9. The summed E-state index contributed by atoms with van der Waals surface area (Å²) in [5.74, 6) is -5.17. The number of imidazole rings is 1. The Balaban J connectivity index is 1.99. The number of carbonyl (C=O) groups is 5. The van der Waals surface area contributed by atoms with E-state index in [2.05, 4.69) is 20.6 Å². The smallest absolute Gasteiger partial charge is 0.408 e. The van der Waals surface area contributed by atoms with Crippen molar-refractivity contribution in [3.63, 3.8) is 0 Å². The Bertz CT molecular complexity index is 1680. The molecule has 0 saturated heterocycles. The van der Waals surface area contributed by atoms with E-state index in [0.717, 1.165) is 5.56 Å². The van der Waals surface area contributed by atoms with E-state index in [0.29, 0.717) is 21.8 Å². The number of phenols is 1. The van der Waals surface area contributed by atoms with Gasteiger partial charge in [0.05, 0.1) is 24.5 Å². The number of ether oxygens (including phenoxy) is 1. The molecule has 2 unspecified atom stereocenters. The number of nitrogen functional groups attached to an aromatic ring is 1. The average Bonchev–Trinajstić information content (AvgIpc) is 3.60. The minimum atomic E-state index is -1.67. The number of hydrogen-bond acceptors (Lipinski definition) is 11. The number of anilines is 1. The lowest BCUT2D eigenvalue weighted by molar-refractivity contribution is -0.162. The molecule has 288 valence electrons. The van der Waals surface area contributed by atoms with Crippen molar-refractivity contribution >= 4 is 35.5 Å². The van der Waals surface area contributed by atoms with Crippen LogP contribution in [0, 0.1) is 5.92 Å². The highest BCUT2D eigenvalue weighted by Crippen LogP contribution is 2.21. The fourth-order valence-corrected chi connectivity index (χ4v) is 5.52. The first-order valence-electron chi connectivity index (χ1n) is 17.3. The highest BCUT2D eigenvalue weighted by Gasteiger charge is 2.42. The number of imide groups is 1. The van der Waals surface area contributed by atoms with Gasteiger partial charge in [-0.15, -0.1) is 0 Å². The Kier molecular flexibility index (Phi) is 14.9. The van der Waals surface area contributed by atoms with Crippen molar-refractivity contribution in [2.45, 2.75) is 103 Å². The number of H-pyrrole nitrogens is 1. The molecule has 0 spiro atoms. The largest absolute Gasteiger partial charge is 0.508 e. The molecular weight excluding hydrogens is 686 g/mol. The number of aromatic hydroxyl groups is 1. The highest BCUT2D eigenvalue weighted by molar-refractivity contribution is 6.03. The number of aliphatic hydroxyl groups excluding tert-OH is 1. The van der Waals surface area contributed by atoms with Crippen molar-refractivity contribution in [2.24, 2.45) is 11.7 Å². The summed E-state index contributed by atoms with van der Waals surface area (Å²) in [5, 5.41) is 36.3. The zero-order valence-electron chi connectivity index (χ0n) is 30.6. The van der Waals surface area contributed by atoms with Crippen molar-refractivity contribution in [2.75, 3.05) is 5.73 Å². The van der Waals surface area contributed by atoms with Crippen LogP contribution in [0.25, 0.3) is 0 Å². The third kappa shape index (κ3) is 12.9. The van der Waals surface area contributed by atoms with Crippen LogP contribution in [-0.2, 0) is 43.2 Å². The summed E-state index contributed by atoms with van der Waals surface area (Å²) in [6.07, 6.45) is -0.243. The molecule has 53 heavy (non-hydrogen) atoms. The quantitative estimate of drug-likeness (QED) is 0.0926. The Hall–Kier alpha value is -5.48. The van der Waals surface area contributed by atoms with Gasteiger partial charge in [-0.3, -0.25) is 19.3 Å². The van der Waals surface area contributed by atoms with Crippen LogP contribution in [0.3, 0.4) is 0 Å². The highest BCUT2D eigenvalue weighted by atomic mass is 16.6. The van der Waals surface area contributed by atoms with E-state index in [9.17, 15) is 39.3 Å². The van der Waals surface area contributed by atoms with Gasteiger partial charge in [-0.1, -0.05) is 44.5 Å². The first kappa shape index (κ1) is 41.9. The first-order valence-corrected chi connectivity index (χ1v) is 17.3. The molecule has 0 saturated carbocycles. The third-order valence-electron chi connectivity index (χ3n) is 8.52. The van der Waals surface area contributed by atoms with Crippen LogP contribution in [0.1, 0.15) is 64.3 Å². The van der Waals surface area contributed by atoms with Gasteiger partial charge in [-0.2, -0.15) is 0 Å². The predicted molar refractivity (Wildman–Crippen MR) is 195 cm³/mol. The van der Waals surface area contributed by atoms with Crippen LogP contribution in [0.2, 0.25) is 0 Å². The van der Waals surface area contributed by atoms with E-state index in [1.54, 1.807) is 71.0 Å². The van der Waals surface area contributed by atoms with Crippen molar-refractivity contribution in [1.82, 2.24) is 25.5 Å². The van der Waals surface area contributed by atoms with Gasteiger partial charge in [-0.05, 0) is 68.5 Å². The van der Waals surface area contributed by atoms with Crippen LogP contribution < -0.4 is 22.1 Å². The number of nitrogens with one attached hydrogen (secondary N) is 3. The molecule has 4 amide bonds. The van der Waals surface area contributed by atoms with Crippen LogP contribution in [0.5, 0.6) is 5.75 Å². The van der Waals surface area contributed by atoms with Crippen LogP contribution >= 0.6 is 0 Å². The number of carboxylic acid groups (broad SMARTS) is 1. The summed E-state index contributed by atoms with van der Waals surface area (Å²) < 4.78 is 5.37. The van der Waals surface area contributed by atoms with Crippen LogP contribution in [0.15, 0.2) is 61.1 Å². The second kappa shape index (κ2) is 18.8. The minimum absolute atomic E-state index is 0.0186. The number of aromatic nitrogens is 2. The standard InChI is InChI=1S/C37H51N7O9/c1-6-21(2)32(35(50)51)44(31(47)18-30(46)27(39)15-22-7-11-24(38)12-8-22)34(49)29(17-25-19-40-20-41-25)42-33(48)28(43-36(52)53-37(3,4)5)16-23-9-13-26(45)14-10-23/h7-14,19-21,27-30,32,45-46H,6,15-18,38-39H2,1-5H3,(H,40,41)(H,42,48)(H,43,52)(H,50,51)/t21?,27-,28-,29-,30?,32-/m0/s1. The normalized spacial score (nSPS) is 14.8. The van der Waals surface area contributed by atoms with Gasteiger partial charge in [-0.25, -0.2) is 14.6 Å². The molecule has 3 rings (SSSR count). The fourth-order valence-electron chi connectivity index (χ4n) is 5.52. The molecule has 6 atom stereocenters. The number of alkyl carbamates (subject to hydrolysis) is 1. The summed E-state index contributed by atoms with van der Waals surface area (Å²) in [5.41, 5.74) is 13.2. The number of aliphatic carboxylic acids is 1. The molecule has 0 radical (unpaired) electrons. The molecule has 0 fully saturated rings. The maximum Gasteiger partial charge on any atom is 0.408 e. The van der Waals surface area contributed by atoms with E-state index in [1.807, 2.05) is 0 Å². The monoisotopic (exact) mass is 737 g/mol. The van der Waals surface area contributed by atoms with Crippen molar-refractivity contribution < 1.29 is 44.0 Å². The van der Waals surface area contributed by atoms with E-state index in [1.165, 1.54) is 24.7 Å². The van der Waals surface area contributed by atoms with Gasteiger partial charge in [0.25, 0.3) is 5.91 Å². The van der Waals surface area contributed by atoms with Crippen LogP contribution in [-0.4, -0.2) is 95.8 Å². The predicted octanol–water partition coefficient (Wildman–Crippen LogP) is 2.04. The number of nitrogens with two attached hydrogens (primary N) is 2. The maximum atomic E-state index is 14.5. The molecule has 16 nitrogen and oxygen atoms in total. The average molecular weight is 738 g/mol. The molecule has 16 heteroatoms. The van der Waals surface area contributed by atoms with Crippen molar-refractivity contribution in [3.05, 3.63) is 77.9 Å². The number of benzene rings is 2. The number of amides is 4. The van der Waals surface area contributed by atoms with Gasteiger partial charge in [0.2, 0.25) is 11.8 Å². The molecule has 0 aliphatic rings. The number of aliphatic hydroxyl groups is 1. The SMILES string of the molecule is CCC(C)[C@@H](C(=O)O)N(C(=O)CC(O)[C@@H](N)Cc1ccc(N)cc1)C(=O)[C@H](Cc1c[nH]cn1)NC(=O)[C@H](Cc1ccc(O)cc1)NC(=O)OC(C)(C)C. The molecule has 3 aromatic rings. The number of aromatic amines is 1. The summed E-state index contributed by atoms with van der Waals surface area (Å²) in [6.45, 7) is 8.19. The van der Waals surface area contributed by atoms with Gasteiger partial charge in [0.1, 0.15) is 29.5 Å². The second-order valence-corrected chi connectivity index (χ2v) is 14.0. The molecule has 0 aliphatic heterocycles. The number of rotatable bonds is 17. The third-order valence-corrected chi connectivity index (χ3v) is 8.52. The molecule has 0 aliphatic carbocycles. The Labute approximate surface area is 308 Å². The van der Waals surface area contributed by atoms with Gasteiger partial charge >= 0.3 is 12.1 Å². The first-order chi connectivity index (χ1) is 24.9. The molecule has 10 N–H and O–H groups in total. The topological polar surface area (TPSA) is 263 Å². The van der Waals surface area contributed by atoms with Gasteiger partial charge < -0.3 is 47.1 Å². The number of carboxylic acids is 1. The lowest BCUT2D eigenvalue weighted by Crippen LogP contribution is -2.61. The van der Waals surface area contributed by atoms with E-state index in [-0.39, 0.29) is 31.4 Å². The summed E-state index contributed by atoms with van der Waals surface area (Å²) in [6, 6.07) is 7.14. The molecule has 1 heterocycles. The Morgan fingerprint density at radius 2 is 1.55 bits per heavy atom. The summed E-state index contributed by atoms with van der Waals surface area (Å²) >= 11 is 0. The van der Waals surface area contributed by atoms with Crippen LogP contribution in [0.4, 0.5) is 10.5 Å². The minimum Gasteiger partial charge on any atom is -0.508 e. The van der Waals surface area contributed by atoms with Gasteiger partial charge in [0, 0.05) is 30.8 Å². The molecule has 0 bridgehead atoms. The Morgan fingerprint density at radius 3 is 2.09 bits per heavy atom.